The van der Waals surface area contributed by atoms with Crippen LogP contribution in [-0.2, 0) is 0 Å². The topological polar surface area (TPSA) is 67.9 Å². The number of hydrogen-bond acceptors (Lipinski definition) is 6. The fraction of sp³-hybridized carbons (Fsp3) is 0.368. The third kappa shape index (κ3) is 3.17. The highest BCUT2D eigenvalue weighted by Gasteiger charge is 2.32. The van der Waals surface area contributed by atoms with E-state index in [1.165, 1.54) is 6.42 Å². The maximum absolute atomic E-state index is 5.56. The average Bonchev–Trinajstić information content (AvgIpc) is 3.32. The largest absolute Gasteiger partial charge is 0.337 e. The minimum Gasteiger partial charge on any atom is -0.337 e. The second-order valence-electron chi connectivity index (χ2n) is 6.61. The molecule has 4 rings (SSSR count). The van der Waals surface area contributed by atoms with E-state index in [-0.39, 0.29) is 6.04 Å². The molecule has 0 radical (unpaired) electrons. The van der Waals surface area contributed by atoms with Gasteiger partial charge in [-0.05, 0) is 57.5 Å². The van der Waals surface area contributed by atoms with E-state index in [4.69, 9.17) is 4.52 Å². The van der Waals surface area contributed by atoms with E-state index in [9.17, 15) is 0 Å². The van der Waals surface area contributed by atoms with Crippen LogP contribution in [0.15, 0.2) is 47.4 Å². The molecule has 1 aliphatic heterocycles. The molecule has 3 aromatic rings. The number of aromatic nitrogens is 4. The third-order valence-electron chi connectivity index (χ3n) is 4.68. The maximum Gasteiger partial charge on any atom is 0.244 e. The molecule has 0 spiro atoms. The van der Waals surface area contributed by atoms with E-state index >= 15 is 0 Å². The van der Waals surface area contributed by atoms with Gasteiger partial charge in [0.1, 0.15) is 0 Å². The van der Waals surface area contributed by atoms with Gasteiger partial charge in [0.15, 0.2) is 0 Å². The standard InChI is InChI=1S/C19H21N5O/c1-13(2)24-11-3-4-17(24)19-22-18(23-25-19)15-5-6-16(21-12-15)14-7-9-20-10-8-14/h5-10,12-13,17H,3-4,11H2,1-2H3/t17-/m0/s1. The summed E-state index contributed by atoms with van der Waals surface area (Å²) in [7, 11) is 0. The van der Waals surface area contributed by atoms with Gasteiger partial charge in [0, 0.05) is 35.8 Å². The van der Waals surface area contributed by atoms with Crippen molar-refractivity contribution in [1.82, 2.24) is 25.0 Å². The number of nitrogens with zero attached hydrogens (tertiary/aromatic N) is 5. The molecule has 0 bridgehead atoms. The van der Waals surface area contributed by atoms with E-state index in [0.29, 0.717) is 17.8 Å². The van der Waals surface area contributed by atoms with Gasteiger partial charge in [-0.25, -0.2) is 0 Å². The second kappa shape index (κ2) is 6.72. The monoisotopic (exact) mass is 335 g/mol. The molecule has 1 fully saturated rings. The molecule has 25 heavy (non-hydrogen) atoms. The lowest BCUT2D eigenvalue weighted by Gasteiger charge is -2.25. The molecular weight excluding hydrogens is 314 g/mol. The molecule has 0 unspecified atom stereocenters. The molecule has 0 aromatic carbocycles. The zero-order valence-corrected chi connectivity index (χ0v) is 14.5. The molecule has 0 amide bonds. The third-order valence-corrected chi connectivity index (χ3v) is 4.68. The fourth-order valence-electron chi connectivity index (χ4n) is 3.38. The highest BCUT2D eigenvalue weighted by molar-refractivity contribution is 5.62. The van der Waals surface area contributed by atoms with Crippen LogP contribution in [0.3, 0.4) is 0 Å². The van der Waals surface area contributed by atoms with E-state index in [2.05, 4.69) is 38.9 Å². The van der Waals surface area contributed by atoms with Gasteiger partial charge in [0.25, 0.3) is 0 Å². The molecule has 4 heterocycles. The second-order valence-corrected chi connectivity index (χ2v) is 6.61. The summed E-state index contributed by atoms with van der Waals surface area (Å²) in [6.07, 6.45) is 7.55. The van der Waals surface area contributed by atoms with Crippen molar-refractivity contribution in [3.05, 3.63) is 48.7 Å². The van der Waals surface area contributed by atoms with Crippen LogP contribution in [0.1, 0.15) is 38.6 Å². The Hall–Kier alpha value is -2.60. The van der Waals surface area contributed by atoms with Crippen molar-refractivity contribution in [3.8, 4) is 22.6 Å². The van der Waals surface area contributed by atoms with E-state index < -0.39 is 0 Å². The number of likely N-dealkylation sites (tertiary alicyclic amines) is 1. The molecule has 1 saturated heterocycles. The Labute approximate surface area is 146 Å². The van der Waals surface area contributed by atoms with Crippen molar-refractivity contribution < 1.29 is 4.52 Å². The van der Waals surface area contributed by atoms with Gasteiger partial charge in [-0.1, -0.05) is 5.16 Å². The Morgan fingerprint density at radius 3 is 2.68 bits per heavy atom. The Bertz CT molecular complexity index is 829. The summed E-state index contributed by atoms with van der Waals surface area (Å²) in [6.45, 7) is 5.50. The maximum atomic E-state index is 5.56. The van der Waals surface area contributed by atoms with Crippen molar-refractivity contribution in [2.75, 3.05) is 6.54 Å². The lowest BCUT2D eigenvalue weighted by Crippen LogP contribution is -2.30. The summed E-state index contributed by atoms with van der Waals surface area (Å²) in [4.78, 5) is 15.6. The van der Waals surface area contributed by atoms with Crippen LogP contribution in [0.4, 0.5) is 0 Å². The van der Waals surface area contributed by atoms with Crippen molar-refractivity contribution >= 4 is 0 Å². The van der Waals surface area contributed by atoms with Crippen LogP contribution in [0.25, 0.3) is 22.6 Å². The Morgan fingerprint density at radius 1 is 1.12 bits per heavy atom. The van der Waals surface area contributed by atoms with Crippen molar-refractivity contribution in [1.29, 1.82) is 0 Å². The first kappa shape index (κ1) is 15.9. The molecule has 128 valence electrons. The van der Waals surface area contributed by atoms with E-state index in [1.807, 2.05) is 24.3 Å². The van der Waals surface area contributed by atoms with E-state index in [0.717, 1.165) is 29.8 Å². The summed E-state index contributed by atoms with van der Waals surface area (Å²) in [5.41, 5.74) is 2.80. The predicted octanol–water partition coefficient (Wildman–Crippen LogP) is 3.74. The minimum atomic E-state index is 0.227. The van der Waals surface area contributed by atoms with Crippen molar-refractivity contribution in [3.63, 3.8) is 0 Å². The van der Waals surface area contributed by atoms with Gasteiger partial charge in [-0.3, -0.25) is 14.9 Å². The summed E-state index contributed by atoms with van der Waals surface area (Å²) in [5.74, 6) is 1.30. The first-order valence-electron chi connectivity index (χ1n) is 8.68. The smallest absolute Gasteiger partial charge is 0.244 e. The minimum absolute atomic E-state index is 0.227. The SMILES string of the molecule is CC(C)N1CCC[C@H]1c1nc(-c2ccc(-c3ccncc3)nc2)no1. The van der Waals surface area contributed by atoms with E-state index in [1.54, 1.807) is 18.6 Å². The highest BCUT2D eigenvalue weighted by atomic mass is 16.5. The van der Waals surface area contributed by atoms with Gasteiger partial charge in [0.05, 0.1) is 11.7 Å². The Balaban J connectivity index is 1.56. The van der Waals surface area contributed by atoms with Crippen LogP contribution in [0.2, 0.25) is 0 Å². The summed E-state index contributed by atoms with van der Waals surface area (Å²) in [6, 6.07) is 8.53. The Morgan fingerprint density at radius 2 is 1.96 bits per heavy atom. The molecule has 6 heteroatoms. The highest BCUT2D eigenvalue weighted by Crippen LogP contribution is 2.33. The first-order valence-corrected chi connectivity index (χ1v) is 8.68. The number of pyridine rings is 2. The quantitative estimate of drug-likeness (QED) is 0.723. The van der Waals surface area contributed by atoms with Gasteiger partial charge in [0.2, 0.25) is 11.7 Å². The lowest BCUT2D eigenvalue weighted by atomic mass is 10.1. The molecule has 3 aromatic heterocycles. The van der Waals surface area contributed by atoms with Gasteiger partial charge in [-0.2, -0.15) is 4.98 Å². The van der Waals surface area contributed by atoms with Crippen LogP contribution in [-0.4, -0.2) is 37.6 Å². The average molecular weight is 335 g/mol. The normalized spacial score (nSPS) is 18.1. The van der Waals surface area contributed by atoms with Crippen molar-refractivity contribution in [2.45, 2.75) is 38.8 Å². The van der Waals surface area contributed by atoms with Crippen LogP contribution in [0.5, 0.6) is 0 Å². The number of hydrogen-bond donors (Lipinski definition) is 0. The molecule has 6 nitrogen and oxygen atoms in total. The first-order chi connectivity index (χ1) is 12.2. The zero-order chi connectivity index (χ0) is 17.2. The molecular formula is C19H21N5O. The predicted molar refractivity (Wildman–Crippen MR) is 94.6 cm³/mol. The summed E-state index contributed by atoms with van der Waals surface area (Å²) >= 11 is 0. The lowest BCUT2D eigenvalue weighted by molar-refractivity contribution is 0.170. The Kier molecular flexibility index (Phi) is 4.28. The zero-order valence-electron chi connectivity index (χ0n) is 14.5. The van der Waals surface area contributed by atoms with Gasteiger partial charge >= 0.3 is 0 Å². The molecule has 0 saturated carbocycles. The molecule has 1 atom stereocenters. The summed E-state index contributed by atoms with van der Waals surface area (Å²) < 4.78 is 5.56. The molecule has 0 aliphatic carbocycles. The van der Waals surface area contributed by atoms with Crippen LogP contribution >= 0.6 is 0 Å². The molecule has 1 aliphatic rings. The van der Waals surface area contributed by atoms with Crippen LogP contribution < -0.4 is 0 Å². The summed E-state index contributed by atoms with van der Waals surface area (Å²) in [5, 5.41) is 4.16. The van der Waals surface area contributed by atoms with Gasteiger partial charge < -0.3 is 4.52 Å². The molecule has 0 N–H and O–H groups in total. The number of rotatable bonds is 4. The van der Waals surface area contributed by atoms with Crippen molar-refractivity contribution in [2.24, 2.45) is 0 Å². The van der Waals surface area contributed by atoms with Gasteiger partial charge in [-0.15, -0.1) is 0 Å². The van der Waals surface area contributed by atoms with Crippen LogP contribution in [0, 0.1) is 0 Å². The fourth-order valence-corrected chi connectivity index (χ4v) is 3.38.